The molecule has 0 aromatic heterocycles. The highest BCUT2D eigenvalue weighted by Crippen LogP contribution is 2.07. The average Bonchev–Trinajstić information content (AvgIpc) is 2.47. The lowest BCUT2D eigenvalue weighted by Gasteiger charge is -2.12. The van der Waals surface area contributed by atoms with Crippen LogP contribution in [0.15, 0.2) is 0 Å². The molecule has 2 amide bonds. The highest BCUT2D eigenvalue weighted by Gasteiger charge is 2.33. The van der Waals surface area contributed by atoms with Gasteiger partial charge in [-0.25, -0.2) is 5.06 Å². The zero-order valence-corrected chi connectivity index (χ0v) is 8.74. The normalized spacial score (nSPS) is 21.9. The van der Waals surface area contributed by atoms with E-state index >= 15 is 0 Å². The van der Waals surface area contributed by atoms with E-state index in [9.17, 15) is 9.59 Å². The molecule has 0 bridgehead atoms. The summed E-state index contributed by atoms with van der Waals surface area (Å²) in [6.07, 6.45) is 0. The fourth-order valence-corrected chi connectivity index (χ4v) is 1.16. The molecule has 1 aliphatic rings. The third-order valence-corrected chi connectivity index (χ3v) is 2.07. The third kappa shape index (κ3) is 2.23. The molecule has 14 heavy (non-hydrogen) atoms. The van der Waals surface area contributed by atoms with Crippen molar-refractivity contribution in [3.05, 3.63) is 0 Å². The van der Waals surface area contributed by atoms with Crippen molar-refractivity contribution in [2.45, 2.75) is 26.8 Å². The molecule has 5 heteroatoms. The maximum atomic E-state index is 11.5. The Bertz CT molecular complexity index is 240. The Hall–Kier alpha value is -1.10. The van der Waals surface area contributed by atoms with E-state index in [4.69, 9.17) is 4.84 Å². The molecule has 0 aromatic carbocycles. The van der Waals surface area contributed by atoms with E-state index in [0.29, 0.717) is 6.54 Å². The van der Waals surface area contributed by atoms with Crippen LogP contribution in [0.25, 0.3) is 0 Å². The molecule has 1 N–H and O–H groups in total. The van der Waals surface area contributed by atoms with Crippen LogP contribution in [0.5, 0.6) is 0 Å². The van der Waals surface area contributed by atoms with Gasteiger partial charge in [-0.05, 0) is 6.92 Å². The Kier molecular flexibility index (Phi) is 3.46. The van der Waals surface area contributed by atoms with E-state index in [2.05, 4.69) is 5.32 Å². The van der Waals surface area contributed by atoms with Gasteiger partial charge in [-0.15, -0.1) is 0 Å². The number of carbonyl (C=O) groups is 2. The number of amides is 2. The zero-order valence-electron chi connectivity index (χ0n) is 8.74. The second-order valence-electron chi connectivity index (χ2n) is 3.54. The largest absolute Gasteiger partial charge is 0.342 e. The van der Waals surface area contributed by atoms with Crippen LogP contribution in [-0.2, 0) is 14.4 Å². The molecule has 0 unspecified atom stereocenters. The maximum absolute atomic E-state index is 11.5. The molecule has 1 atom stereocenters. The highest BCUT2D eigenvalue weighted by molar-refractivity contribution is 5.88. The van der Waals surface area contributed by atoms with Gasteiger partial charge in [0, 0.05) is 12.5 Å². The monoisotopic (exact) mass is 200 g/mol. The van der Waals surface area contributed by atoms with E-state index in [1.807, 2.05) is 6.92 Å². The summed E-state index contributed by atoms with van der Waals surface area (Å²) in [4.78, 5) is 27.9. The first-order valence-electron chi connectivity index (χ1n) is 4.81. The summed E-state index contributed by atoms with van der Waals surface area (Å²) in [6.45, 7) is 6.14. The van der Waals surface area contributed by atoms with Gasteiger partial charge in [0.1, 0.15) is 12.6 Å². The van der Waals surface area contributed by atoms with Crippen molar-refractivity contribution in [3.8, 4) is 0 Å². The van der Waals surface area contributed by atoms with E-state index in [0.717, 1.165) is 0 Å². The van der Waals surface area contributed by atoms with Crippen molar-refractivity contribution in [2.24, 2.45) is 5.92 Å². The van der Waals surface area contributed by atoms with Gasteiger partial charge in [0.25, 0.3) is 5.91 Å². The van der Waals surface area contributed by atoms with Crippen LogP contribution in [0.1, 0.15) is 20.8 Å². The molecular weight excluding hydrogens is 184 g/mol. The third-order valence-electron chi connectivity index (χ3n) is 2.07. The Morgan fingerprint density at radius 2 is 2.36 bits per heavy atom. The van der Waals surface area contributed by atoms with Crippen molar-refractivity contribution in [1.82, 2.24) is 10.4 Å². The minimum atomic E-state index is -0.509. The van der Waals surface area contributed by atoms with Crippen molar-refractivity contribution in [2.75, 3.05) is 13.2 Å². The summed E-state index contributed by atoms with van der Waals surface area (Å²) in [5.74, 6) is -0.398. The van der Waals surface area contributed by atoms with E-state index in [1.54, 1.807) is 13.8 Å². The Labute approximate surface area is 83.4 Å². The summed E-state index contributed by atoms with van der Waals surface area (Å²) >= 11 is 0. The fourth-order valence-electron chi connectivity index (χ4n) is 1.16. The van der Waals surface area contributed by atoms with Gasteiger partial charge in [-0.1, -0.05) is 13.8 Å². The number of hydrogen-bond donors (Lipinski definition) is 1. The number of nitrogens with zero attached hydrogens (tertiary/aromatic N) is 1. The first-order chi connectivity index (χ1) is 6.56. The van der Waals surface area contributed by atoms with Gasteiger partial charge in [-0.2, -0.15) is 0 Å². The molecule has 5 nitrogen and oxygen atoms in total. The van der Waals surface area contributed by atoms with Crippen molar-refractivity contribution in [3.63, 3.8) is 0 Å². The predicted octanol–water partition coefficient (Wildman–Crippen LogP) is -0.0791. The first kappa shape index (κ1) is 11.0. The van der Waals surface area contributed by atoms with Crippen LogP contribution < -0.4 is 5.32 Å². The molecule has 80 valence electrons. The molecule has 1 fully saturated rings. The zero-order chi connectivity index (χ0) is 10.7. The Morgan fingerprint density at radius 1 is 1.71 bits per heavy atom. The molecular formula is C9H16N2O3. The van der Waals surface area contributed by atoms with Crippen molar-refractivity contribution in [1.29, 1.82) is 0 Å². The second kappa shape index (κ2) is 4.41. The standard InChI is InChI=1S/C9H16N2O3/c1-4-11-9(13)7(5-14-11)10-8(12)6(2)3/h6-7H,4-5H2,1-3H3,(H,10,12)/t7-/m0/s1. The highest BCUT2D eigenvalue weighted by atomic mass is 16.7. The molecule has 0 spiro atoms. The summed E-state index contributed by atoms with van der Waals surface area (Å²) < 4.78 is 0. The number of hydrogen-bond acceptors (Lipinski definition) is 3. The Balaban J connectivity index is 2.48. The van der Waals surface area contributed by atoms with Crippen LogP contribution in [0.2, 0.25) is 0 Å². The van der Waals surface area contributed by atoms with Crippen molar-refractivity contribution < 1.29 is 14.4 Å². The van der Waals surface area contributed by atoms with E-state index < -0.39 is 6.04 Å². The molecule has 0 aromatic rings. The molecule has 1 aliphatic heterocycles. The van der Waals surface area contributed by atoms with Crippen LogP contribution in [-0.4, -0.2) is 36.1 Å². The molecule has 1 heterocycles. The first-order valence-corrected chi connectivity index (χ1v) is 4.81. The second-order valence-corrected chi connectivity index (χ2v) is 3.54. The molecule has 1 rings (SSSR count). The maximum Gasteiger partial charge on any atom is 0.271 e. The quantitative estimate of drug-likeness (QED) is 0.693. The summed E-state index contributed by atoms with van der Waals surface area (Å²) in [5, 5.41) is 3.91. The summed E-state index contributed by atoms with van der Waals surface area (Å²) in [6, 6.07) is -0.509. The number of carbonyl (C=O) groups excluding carboxylic acids is 2. The Morgan fingerprint density at radius 3 is 2.79 bits per heavy atom. The number of nitrogens with one attached hydrogen (secondary N) is 1. The summed E-state index contributed by atoms with van der Waals surface area (Å²) in [5.41, 5.74) is 0. The van der Waals surface area contributed by atoms with Gasteiger partial charge in [-0.3, -0.25) is 14.4 Å². The number of hydroxylamine groups is 2. The lowest BCUT2D eigenvalue weighted by Crippen LogP contribution is -2.44. The minimum Gasteiger partial charge on any atom is -0.342 e. The average molecular weight is 200 g/mol. The SMILES string of the molecule is CCN1OC[C@H](NC(=O)C(C)C)C1=O. The number of likely N-dealkylation sites (N-methyl/N-ethyl adjacent to an activating group) is 1. The van der Waals surface area contributed by atoms with Gasteiger partial charge < -0.3 is 5.32 Å². The van der Waals surface area contributed by atoms with Gasteiger partial charge in [0.15, 0.2) is 0 Å². The molecule has 0 saturated carbocycles. The summed E-state index contributed by atoms with van der Waals surface area (Å²) in [7, 11) is 0. The van der Waals surface area contributed by atoms with Crippen LogP contribution in [0.4, 0.5) is 0 Å². The molecule has 0 aliphatic carbocycles. The molecule has 1 saturated heterocycles. The van der Waals surface area contributed by atoms with Crippen LogP contribution in [0.3, 0.4) is 0 Å². The van der Waals surface area contributed by atoms with Crippen LogP contribution >= 0.6 is 0 Å². The number of rotatable bonds is 3. The smallest absolute Gasteiger partial charge is 0.271 e. The van der Waals surface area contributed by atoms with E-state index in [1.165, 1.54) is 5.06 Å². The van der Waals surface area contributed by atoms with Gasteiger partial charge in [0.2, 0.25) is 5.91 Å². The topological polar surface area (TPSA) is 58.6 Å². The van der Waals surface area contributed by atoms with Crippen molar-refractivity contribution >= 4 is 11.8 Å². The lowest BCUT2D eigenvalue weighted by molar-refractivity contribution is -0.160. The lowest BCUT2D eigenvalue weighted by atomic mass is 10.2. The minimum absolute atomic E-state index is 0.113. The van der Waals surface area contributed by atoms with Crippen LogP contribution in [0, 0.1) is 5.92 Å². The van der Waals surface area contributed by atoms with E-state index in [-0.39, 0.29) is 24.3 Å². The van der Waals surface area contributed by atoms with Gasteiger partial charge in [0.05, 0.1) is 0 Å². The van der Waals surface area contributed by atoms with Gasteiger partial charge >= 0.3 is 0 Å². The fraction of sp³-hybridized carbons (Fsp3) is 0.778. The molecule has 0 radical (unpaired) electrons. The predicted molar refractivity (Wildman–Crippen MR) is 50.1 cm³/mol.